The van der Waals surface area contributed by atoms with Crippen molar-refractivity contribution >= 4 is 17.3 Å². The lowest BCUT2D eigenvalue weighted by molar-refractivity contribution is 0.0572. The Labute approximate surface area is 111 Å². The minimum absolute atomic E-state index is 0.163. The molecule has 6 nitrogen and oxygen atoms in total. The first kappa shape index (κ1) is 13.6. The van der Waals surface area contributed by atoms with Crippen molar-refractivity contribution in [3.8, 4) is 0 Å². The number of aliphatic hydroxyl groups excluding tert-OH is 2. The Morgan fingerprint density at radius 1 is 1.42 bits per heavy atom. The number of carbonyl (C=O) groups excluding carboxylic acids is 1. The van der Waals surface area contributed by atoms with Gasteiger partial charge in [0, 0.05) is 25.2 Å². The molecule has 0 bridgehead atoms. The average Bonchev–Trinajstić information content (AvgIpc) is 2.70. The van der Waals surface area contributed by atoms with Crippen LogP contribution in [0.4, 0.5) is 11.4 Å². The van der Waals surface area contributed by atoms with Crippen LogP contribution in [0.25, 0.3) is 0 Å². The quantitative estimate of drug-likeness (QED) is 0.555. The molecule has 0 aromatic heterocycles. The molecule has 2 unspecified atom stereocenters. The van der Waals surface area contributed by atoms with E-state index in [2.05, 4.69) is 5.32 Å². The lowest BCUT2D eigenvalue weighted by atomic mass is 10.1. The number of anilines is 2. The molecule has 1 fully saturated rings. The molecular weight excluding hydrogens is 246 g/mol. The van der Waals surface area contributed by atoms with Crippen molar-refractivity contribution < 1.29 is 15.0 Å². The summed E-state index contributed by atoms with van der Waals surface area (Å²) < 4.78 is 0. The molecule has 1 aromatic rings. The van der Waals surface area contributed by atoms with E-state index < -0.39 is 12.2 Å². The largest absolute Gasteiger partial charge is 0.397 e. The van der Waals surface area contributed by atoms with Gasteiger partial charge < -0.3 is 26.2 Å². The molecule has 1 aromatic carbocycles. The number of aliphatic hydroxyl groups is 2. The highest BCUT2D eigenvalue weighted by atomic mass is 16.3. The van der Waals surface area contributed by atoms with E-state index in [1.165, 1.54) is 0 Å². The predicted octanol–water partition coefficient (Wildman–Crippen LogP) is -0.440. The maximum atomic E-state index is 11.8. The van der Waals surface area contributed by atoms with Crippen LogP contribution in [0.15, 0.2) is 18.2 Å². The Morgan fingerprint density at radius 2 is 2.05 bits per heavy atom. The van der Waals surface area contributed by atoms with E-state index in [0.717, 1.165) is 0 Å². The number of carbonyl (C=O) groups is 1. The van der Waals surface area contributed by atoms with Crippen LogP contribution >= 0.6 is 0 Å². The Bertz CT molecular complexity index is 468. The summed E-state index contributed by atoms with van der Waals surface area (Å²) >= 11 is 0. The van der Waals surface area contributed by atoms with E-state index in [0.29, 0.717) is 36.6 Å². The summed E-state index contributed by atoms with van der Waals surface area (Å²) in [5, 5.41) is 21.9. The molecule has 0 saturated carbocycles. The summed E-state index contributed by atoms with van der Waals surface area (Å²) in [6, 6.07) is 5.01. The van der Waals surface area contributed by atoms with E-state index in [-0.39, 0.29) is 5.91 Å². The topological polar surface area (TPSA) is 98.8 Å². The fourth-order valence-corrected chi connectivity index (χ4v) is 2.19. The van der Waals surface area contributed by atoms with Gasteiger partial charge in [0.2, 0.25) is 0 Å². The van der Waals surface area contributed by atoms with Crippen LogP contribution in [-0.4, -0.2) is 48.0 Å². The standard InChI is InChI=1S/C13H19N3O3/c1-2-15-13(19)8-3-4-9(14)10(5-8)16-6-11(17)12(18)7-16/h3-5,11-12,17-18H,2,6-7,14H2,1H3,(H,15,19). The van der Waals surface area contributed by atoms with Crippen LogP contribution in [0.5, 0.6) is 0 Å². The molecule has 0 aliphatic carbocycles. The number of benzene rings is 1. The molecule has 0 spiro atoms. The number of nitrogen functional groups attached to an aromatic ring is 1. The molecule has 1 amide bonds. The molecule has 1 aliphatic rings. The monoisotopic (exact) mass is 265 g/mol. The fourth-order valence-electron chi connectivity index (χ4n) is 2.19. The van der Waals surface area contributed by atoms with Gasteiger partial charge in [0.05, 0.1) is 23.6 Å². The molecule has 1 saturated heterocycles. The van der Waals surface area contributed by atoms with Gasteiger partial charge >= 0.3 is 0 Å². The molecule has 2 atom stereocenters. The van der Waals surface area contributed by atoms with Crippen molar-refractivity contribution in [2.75, 3.05) is 30.3 Å². The summed E-state index contributed by atoms with van der Waals surface area (Å²) in [7, 11) is 0. The second kappa shape index (κ2) is 5.46. The Hall–Kier alpha value is -1.79. The number of nitrogens with zero attached hydrogens (tertiary/aromatic N) is 1. The molecule has 104 valence electrons. The Balaban J connectivity index is 2.25. The van der Waals surface area contributed by atoms with E-state index in [1.807, 2.05) is 6.92 Å². The van der Waals surface area contributed by atoms with Crippen molar-refractivity contribution in [3.63, 3.8) is 0 Å². The van der Waals surface area contributed by atoms with Crippen LogP contribution in [-0.2, 0) is 0 Å². The van der Waals surface area contributed by atoms with Crippen LogP contribution in [0.2, 0.25) is 0 Å². The second-order valence-electron chi connectivity index (χ2n) is 4.67. The van der Waals surface area contributed by atoms with E-state index >= 15 is 0 Å². The van der Waals surface area contributed by atoms with Gasteiger partial charge in [0.15, 0.2) is 0 Å². The van der Waals surface area contributed by atoms with Crippen molar-refractivity contribution in [1.29, 1.82) is 0 Å². The Kier molecular flexibility index (Phi) is 3.92. The van der Waals surface area contributed by atoms with Crippen molar-refractivity contribution in [1.82, 2.24) is 5.32 Å². The van der Waals surface area contributed by atoms with Gasteiger partial charge in [-0.15, -0.1) is 0 Å². The van der Waals surface area contributed by atoms with Crippen molar-refractivity contribution in [2.24, 2.45) is 0 Å². The highest BCUT2D eigenvalue weighted by Crippen LogP contribution is 2.28. The number of hydrogen-bond donors (Lipinski definition) is 4. The van der Waals surface area contributed by atoms with Crippen LogP contribution in [0.1, 0.15) is 17.3 Å². The van der Waals surface area contributed by atoms with Gasteiger partial charge in [-0.2, -0.15) is 0 Å². The average molecular weight is 265 g/mol. The second-order valence-corrected chi connectivity index (χ2v) is 4.67. The minimum atomic E-state index is -0.785. The van der Waals surface area contributed by atoms with Crippen LogP contribution in [0, 0.1) is 0 Å². The van der Waals surface area contributed by atoms with Gasteiger partial charge in [-0.05, 0) is 25.1 Å². The van der Waals surface area contributed by atoms with Gasteiger partial charge in [-0.3, -0.25) is 4.79 Å². The third kappa shape index (κ3) is 2.80. The number of amides is 1. The molecule has 19 heavy (non-hydrogen) atoms. The fraction of sp³-hybridized carbons (Fsp3) is 0.462. The molecule has 6 heteroatoms. The normalized spacial score (nSPS) is 22.6. The molecule has 2 rings (SSSR count). The lowest BCUT2D eigenvalue weighted by Gasteiger charge is -2.20. The third-order valence-corrected chi connectivity index (χ3v) is 3.23. The number of hydrogen-bond acceptors (Lipinski definition) is 5. The number of β-amino-alcohol motifs (C(OH)–C–C–N with tert-alkyl or cyclic N) is 2. The number of nitrogens with two attached hydrogens (primary N) is 1. The first-order valence-corrected chi connectivity index (χ1v) is 6.31. The highest BCUT2D eigenvalue weighted by Gasteiger charge is 2.30. The molecule has 5 N–H and O–H groups in total. The minimum Gasteiger partial charge on any atom is -0.397 e. The zero-order valence-corrected chi connectivity index (χ0v) is 10.8. The molecule has 0 radical (unpaired) electrons. The third-order valence-electron chi connectivity index (χ3n) is 3.23. The lowest BCUT2D eigenvalue weighted by Crippen LogP contribution is -2.25. The van der Waals surface area contributed by atoms with Gasteiger partial charge in [-0.1, -0.05) is 0 Å². The summed E-state index contributed by atoms with van der Waals surface area (Å²) in [6.07, 6.45) is -1.57. The summed E-state index contributed by atoms with van der Waals surface area (Å²) in [5.41, 5.74) is 7.60. The maximum Gasteiger partial charge on any atom is 0.251 e. The zero-order valence-electron chi connectivity index (χ0n) is 10.8. The van der Waals surface area contributed by atoms with E-state index in [1.54, 1.807) is 23.1 Å². The smallest absolute Gasteiger partial charge is 0.251 e. The molecule has 1 heterocycles. The van der Waals surface area contributed by atoms with Gasteiger partial charge in [-0.25, -0.2) is 0 Å². The SMILES string of the molecule is CCNC(=O)c1ccc(N)c(N2CC(O)C(O)C2)c1. The maximum absolute atomic E-state index is 11.8. The van der Waals surface area contributed by atoms with Crippen LogP contribution < -0.4 is 16.0 Å². The first-order valence-electron chi connectivity index (χ1n) is 6.31. The summed E-state index contributed by atoms with van der Waals surface area (Å²) in [4.78, 5) is 13.6. The molecule has 1 aliphatic heterocycles. The van der Waals surface area contributed by atoms with Crippen molar-refractivity contribution in [2.45, 2.75) is 19.1 Å². The summed E-state index contributed by atoms with van der Waals surface area (Å²) in [6.45, 7) is 3.03. The number of nitrogens with one attached hydrogen (secondary N) is 1. The van der Waals surface area contributed by atoms with E-state index in [4.69, 9.17) is 5.73 Å². The highest BCUT2D eigenvalue weighted by molar-refractivity contribution is 5.96. The Morgan fingerprint density at radius 3 is 2.63 bits per heavy atom. The number of rotatable bonds is 3. The first-order chi connectivity index (χ1) is 9.02. The zero-order chi connectivity index (χ0) is 14.0. The van der Waals surface area contributed by atoms with Gasteiger partial charge in [0.1, 0.15) is 0 Å². The van der Waals surface area contributed by atoms with E-state index in [9.17, 15) is 15.0 Å². The van der Waals surface area contributed by atoms with Crippen LogP contribution in [0.3, 0.4) is 0 Å². The van der Waals surface area contributed by atoms with Gasteiger partial charge in [0.25, 0.3) is 5.91 Å². The summed E-state index contributed by atoms with van der Waals surface area (Å²) in [5.74, 6) is -0.163. The predicted molar refractivity (Wildman–Crippen MR) is 73.1 cm³/mol. The van der Waals surface area contributed by atoms with Crippen molar-refractivity contribution in [3.05, 3.63) is 23.8 Å². The molecular formula is C13H19N3O3.